The van der Waals surface area contributed by atoms with Gasteiger partial charge in [-0.15, -0.1) is 0 Å². The number of esters is 1. The van der Waals surface area contributed by atoms with Gasteiger partial charge in [0.2, 0.25) is 23.6 Å². The molecule has 4 N–H and O–H groups in total. The Morgan fingerprint density at radius 2 is 1.63 bits per heavy atom. The molecule has 1 heterocycles. The van der Waals surface area contributed by atoms with Crippen molar-refractivity contribution < 1.29 is 28.7 Å². The monoisotopic (exact) mass is 564 g/mol. The molecule has 1 aromatic carbocycles. The zero-order valence-electron chi connectivity index (χ0n) is 21.5. The summed E-state index contributed by atoms with van der Waals surface area (Å²) >= 11 is 8.35. The second kappa shape index (κ2) is 16.1. The van der Waals surface area contributed by atoms with Gasteiger partial charge in [-0.2, -0.15) is 25.3 Å². The topological polar surface area (TPSA) is 143 Å². The van der Waals surface area contributed by atoms with Gasteiger partial charge in [0.1, 0.15) is 30.8 Å². The van der Waals surface area contributed by atoms with Crippen LogP contribution >= 0.6 is 25.3 Å². The average molecular weight is 565 g/mol. The summed E-state index contributed by atoms with van der Waals surface area (Å²) in [4.78, 5) is 64.5. The van der Waals surface area contributed by atoms with Crippen LogP contribution in [-0.4, -0.2) is 71.9 Å². The van der Waals surface area contributed by atoms with Crippen molar-refractivity contribution in [1.82, 2.24) is 21.3 Å². The van der Waals surface area contributed by atoms with Gasteiger partial charge in [-0.1, -0.05) is 50.3 Å². The average Bonchev–Trinajstić information content (AvgIpc) is 2.88. The summed E-state index contributed by atoms with van der Waals surface area (Å²) in [5, 5.41) is 10.4. The molecule has 0 saturated carbocycles. The number of hydrogen-bond acceptors (Lipinski definition) is 8. The first-order chi connectivity index (χ1) is 18.1. The number of cyclic esters (lactones) is 1. The van der Waals surface area contributed by atoms with Crippen LogP contribution in [0.25, 0.3) is 0 Å². The molecule has 1 fully saturated rings. The number of carbonyl (C=O) groups is 5. The van der Waals surface area contributed by atoms with E-state index in [0.717, 1.165) is 5.56 Å². The van der Waals surface area contributed by atoms with Crippen molar-refractivity contribution >= 4 is 54.9 Å². The van der Waals surface area contributed by atoms with Gasteiger partial charge in [0.25, 0.3) is 0 Å². The fourth-order valence-electron chi connectivity index (χ4n) is 3.70. The van der Waals surface area contributed by atoms with E-state index in [9.17, 15) is 24.0 Å². The van der Waals surface area contributed by atoms with Crippen LogP contribution in [0, 0.1) is 5.92 Å². The summed E-state index contributed by atoms with van der Waals surface area (Å²) in [5.41, 5.74) is 0.794. The van der Waals surface area contributed by atoms with Crippen molar-refractivity contribution in [3.63, 3.8) is 0 Å². The molecule has 0 aromatic heterocycles. The number of benzene rings is 1. The van der Waals surface area contributed by atoms with Crippen LogP contribution in [0.5, 0.6) is 0 Å². The van der Waals surface area contributed by atoms with Crippen LogP contribution in [0.1, 0.15) is 32.3 Å². The number of hydrogen-bond donors (Lipinski definition) is 6. The Morgan fingerprint density at radius 3 is 2.26 bits per heavy atom. The molecule has 0 radical (unpaired) electrons. The number of allylic oxidation sites excluding steroid dienone is 1. The maximum Gasteiger partial charge on any atom is 0.326 e. The smallest absolute Gasteiger partial charge is 0.326 e. The second-order valence-electron chi connectivity index (χ2n) is 9.17. The van der Waals surface area contributed by atoms with Gasteiger partial charge >= 0.3 is 5.97 Å². The first-order valence-corrected chi connectivity index (χ1v) is 13.7. The van der Waals surface area contributed by atoms with Gasteiger partial charge < -0.3 is 26.0 Å². The van der Waals surface area contributed by atoms with E-state index < -0.39 is 60.4 Å². The predicted molar refractivity (Wildman–Crippen MR) is 150 cm³/mol. The highest BCUT2D eigenvalue weighted by Gasteiger charge is 2.31. The minimum atomic E-state index is -1.06. The van der Waals surface area contributed by atoms with E-state index in [1.54, 1.807) is 26.0 Å². The van der Waals surface area contributed by atoms with Gasteiger partial charge in [-0.3, -0.25) is 24.0 Å². The van der Waals surface area contributed by atoms with Crippen LogP contribution in [0.15, 0.2) is 42.5 Å². The van der Waals surface area contributed by atoms with Crippen LogP contribution in [0.3, 0.4) is 0 Å². The van der Waals surface area contributed by atoms with Gasteiger partial charge in [0.05, 0.1) is 6.42 Å². The number of ether oxygens (including phenoxy) is 1. The van der Waals surface area contributed by atoms with E-state index in [0.29, 0.717) is 12.2 Å². The van der Waals surface area contributed by atoms with E-state index in [1.807, 2.05) is 30.3 Å². The lowest BCUT2D eigenvalue weighted by Crippen LogP contribution is -2.59. The predicted octanol–water partition coefficient (Wildman–Crippen LogP) is 0.577. The molecule has 1 saturated heterocycles. The summed E-state index contributed by atoms with van der Waals surface area (Å²) in [6, 6.07) is 6.05. The van der Waals surface area contributed by atoms with Gasteiger partial charge in [0, 0.05) is 12.2 Å². The van der Waals surface area contributed by atoms with Crippen molar-refractivity contribution in [2.45, 2.75) is 57.3 Å². The Balaban J connectivity index is 2.38. The zero-order chi connectivity index (χ0) is 28.1. The van der Waals surface area contributed by atoms with Crippen LogP contribution in [0.4, 0.5) is 0 Å². The molecule has 1 aliphatic rings. The molecule has 2 rings (SSSR count). The Labute approximate surface area is 233 Å². The zero-order valence-corrected chi connectivity index (χ0v) is 23.3. The molecule has 10 nitrogen and oxygen atoms in total. The van der Waals surface area contributed by atoms with Crippen molar-refractivity contribution in [3.8, 4) is 0 Å². The Hall–Kier alpha value is -2.99. The van der Waals surface area contributed by atoms with Crippen molar-refractivity contribution in [2.75, 3.05) is 18.1 Å². The number of amides is 4. The van der Waals surface area contributed by atoms with E-state index in [1.165, 1.54) is 0 Å². The highest BCUT2D eigenvalue weighted by molar-refractivity contribution is 7.80. The van der Waals surface area contributed by atoms with E-state index in [-0.39, 0.29) is 24.5 Å². The highest BCUT2D eigenvalue weighted by atomic mass is 32.1. The molecule has 4 amide bonds. The summed E-state index contributed by atoms with van der Waals surface area (Å²) in [7, 11) is 0. The van der Waals surface area contributed by atoms with Gasteiger partial charge in [0.15, 0.2) is 0 Å². The third-order valence-corrected chi connectivity index (χ3v) is 6.34. The summed E-state index contributed by atoms with van der Waals surface area (Å²) in [5.74, 6) is -2.86. The summed E-state index contributed by atoms with van der Waals surface area (Å²) in [6.45, 7) is 3.03. The van der Waals surface area contributed by atoms with Crippen LogP contribution in [0.2, 0.25) is 0 Å². The normalized spacial score (nSPS) is 24.4. The third-order valence-electron chi connectivity index (χ3n) is 5.72. The Morgan fingerprint density at radius 1 is 0.947 bits per heavy atom. The lowest BCUT2D eigenvalue weighted by atomic mass is 10.0. The molecule has 1 aromatic rings. The molecular weight excluding hydrogens is 528 g/mol. The standard InChI is InChI=1S/C26H36N4O6S2/c1-16(2)23-26(35)27-14-22(32)36-18(10-6-7-11-37)13-21(31)28-19(12-17-8-4-3-5-9-17)24(33)29-20(15-38)25(34)30-23/h3-6,8-10,16,18-20,23,37-38H,7,11-15H2,1-2H3,(H,27,35)(H,28,31)(H,29,33)(H,30,34)/b10-6+/t18-,19-,20+,23-/m1/s1. The molecule has 12 heteroatoms. The minimum Gasteiger partial charge on any atom is -0.456 e. The Kier molecular flexibility index (Phi) is 13.2. The summed E-state index contributed by atoms with van der Waals surface area (Å²) < 4.78 is 5.42. The molecule has 0 aliphatic carbocycles. The van der Waals surface area contributed by atoms with Crippen LogP contribution < -0.4 is 21.3 Å². The fourth-order valence-corrected chi connectivity index (χ4v) is 4.11. The lowest BCUT2D eigenvalue weighted by Gasteiger charge is -2.27. The number of nitrogens with one attached hydrogen (secondary N) is 4. The van der Waals surface area contributed by atoms with Crippen LogP contribution in [-0.2, 0) is 35.1 Å². The number of rotatable bonds is 7. The van der Waals surface area contributed by atoms with Crippen molar-refractivity contribution in [2.24, 2.45) is 5.92 Å². The fraction of sp³-hybridized carbons (Fsp3) is 0.500. The quantitative estimate of drug-likeness (QED) is 0.163. The molecule has 1 aliphatic heterocycles. The van der Waals surface area contributed by atoms with E-state index in [4.69, 9.17) is 4.74 Å². The molecule has 38 heavy (non-hydrogen) atoms. The van der Waals surface area contributed by atoms with Gasteiger partial charge in [-0.25, -0.2) is 0 Å². The van der Waals surface area contributed by atoms with E-state index >= 15 is 0 Å². The molecule has 208 valence electrons. The third kappa shape index (κ3) is 10.4. The minimum absolute atomic E-state index is 0.0413. The largest absolute Gasteiger partial charge is 0.456 e. The Bertz CT molecular complexity index is 1000. The highest BCUT2D eigenvalue weighted by Crippen LogP contribution is 2.09. The number of thiol groups is 2. The van der Waals surface area contributed by atoms with Crippen molar-refractivity contribution in [3.05, 3.63) is 48.0 Å². The second-order valence-corrected chi connectivity index (χ2v) is 9.99. The van der Waals surface area contributed by atoms with Crippen molar-refractivity contribution in [1.29, 1.82) is 0 Å². The molecule has 4 atom stereocenters. The first kappa shape index (κ1) is 31.2. The van der Waals surface area contributed by atoms with E-state index in [2.05, 4.69) is 46.5 Å². The van der Waals surface area contributed by atoms with Gasteiger partial charge in [-0.05, 0) is 29.7 Å². The first-order valence-electron chi connectivity index (χ1n) is 12.4. The molecule has 0 bridgehead atoms. The SMILES string of the molecule is CC(C)[C@H]1NC(=O)[C@H](CS)NC(=O)[C@@H](Cc2ccccc2)NC(=O)C[C@@H](/C=C/CCS)OC(=O)CNC1=O. The maximum atomic E-state index is 13.3. The summed E-state index contributed by atoms with van der Waals surface area (Å²) in [6.07, 6.45) is 2.92. The number of carbonyl (C=O) groups excluding carboxylic acids is 5. The molecule has 0 unspecified atom stereocenters. The molecule has 0 spiro atoms. The maximum absolute atomic E-state index is 13.3. The lowest BCUT2D eigenvalue weighted by molar-refractivity contribution is -0.148. The molecular formula is C26H36N4O6S2.